The summed E-state index contributed by atoms with van der Waals surface area (Å²) in [6.45, 7) is 5.87. The standard InChI is InChI=1S/C15H18O3/c1-7-6-12(16)9(3)13-10(7)4-5-11-8(2)15(17)18-14(11)13/h6,8,11,14,16H,4-5H2,1-3H3/t8-,11?,14+/m1/s1. The molecule has 3 atom stereocenters. The second-order valence-corrected chi connectivity index (χ2v) is 5.58. The highest BCUT2D eigenvalue weighted by molar-refractivity contribution is 5.75. The van der Waals surface area contributed by atoms with E-state index in [0.717, 1.165) is 29.5 Å². The Morgan fingerprint density at radius 1 is 1.39 bits per heavy atom. The highest BCUT2D eigenvalue weighted by Crippen LogP contribution is 2.49. The minimum Gasteiger partial charge on any atom is -0.508 e. The molecule has 3 rings (SSSR count). The summed E-state index contributed by atoms with van der Waals surface area (Å²) in [6, 6.07) is 1.81. The molecule has 1 heterocycles. The third-order valence-electron chi connectivity index (χ3n) is 4.60. The first-order chi connectivity index (χ1) is 8.50. The summed E-state index contributed by atoms with van der Waals surface area (Å²) in [5.41, 5.74) is 4.28. The number of rotatable bonds is 0. The zero-order valence-corrected chi connectivity index (χ0v) is 11.0. The molecule has 3 nitrogen and oxygen atoms in total. The maximum Gasteiger partial charge on any atom is 0.309 e. The van der Waals surface area contributed by atoms with Crippen molar-refractivity contribution < 1.29 is 14.6 Å². The third-order valence-corrected chi connectivity index (χ3v) is 4.60. The van der Waals surface area contributed by atoms with Crippen LogP contribution in [0.4, 0.5) is 0 Å². The number of fused-ring (bicyclic) bond motifs is 3. The molecule has 1 unspecified atom stereocenters. The van der Waals surface area contributed by atoms with E-state index in [1.165, 1.54) is 5.56 Å². The molecule has 1 aromatic rings. The maximum absolute atomic E-state index is 11.7. The van der Waals surface area contributed by atoms with Gasteiger partial charge in [0.05, 0.1) is 5.92 Å². The van der Waals surface area contributed by atoms with Crippen LogP contribution in [-0.4, -0.2) is 11.1 Å². The number of phenols is 1. The van der Waals surface area contributed by atoms with Crippen molar-refractivity contribution in [1.82, 2.24) is 0 Å². The number of ether oxygens (including phenoxy) is 1. The summed E-state index contributed by atoms with van der Waals surface area (Å²) in [6.07, 6.45) is 1.82. The van der Waals surface area contributed by atoms with E-state index in [2.05, 4.69) is 0 Å². The highest BCUT2D eigenvalue weighted by atomic mass is 16.6. The number of aryl methyl sites for hydroxylation is 1. The van der Waals surface area contributed by atoms with Gasteiger partial charge in [0.25, 0.3) is 0 Å². The molecule has 1 N–H and O–H groups in total. The van der Waals surface area contributed by atoms with Crippen LogP contribution in [0.2, 0.25) is 0 Å². The molecule has 1 saturated heterocycles. The van der Waals surface area contributed by atoms with Crippen molar-refractivity contribution in [2.75, 3.05) is 0 Å². The molecule has 0 bridgehead atoms. The Balaban J connectivity index is 2.18. The van der Waals surface area contributed by atoms with Crippen molar-refractivity contribution in [3.05, 3.63) is 28.3 Å². The summed E-state index contributed by atoms with van der Waals surface area (Å²) in [5, 5.41) is 9.97. The molecule has 18 heavy (non-hydrogen) atoms. The van der Waals surface area contributed by atoms with Crippen LogP contribution in [0.3, 0.4) is 0 Å². The van der Waals surface area contributed by atoms with Gasteiger partial charge in [-0.05, 0) is 49.4 Å². The first kappa shape index (κ1) is 11.6. The van der Waals surface area contributed by atoms with Gasteiger partial charge in [-0.2, -0.15) is 0 Å². The molecule has 3 heteroatoms. The van der Waals surface area contributed by atoms with Gasteiger partial charge in [-0.1, -0.05) is 6.92 Å². The van der Waals surface area contributed by atoms with Gasteiger partial charge in [0, 0.05) is 11.5 Å². The molecule has 1 fully saturated rings. The van der Waals surface area contributed by atoms with Crippen molar-refractivity contribution in [3.63, 3.8) is 0 Å². The molecule has 0 radical (unpaired) electrons. The minimum atomic E-state index is -0.151. The molecule has 0 aromatic heterocycles. The lowest BCUT2D eigenvalue weighted by Gasteiger charge is -2.30. The third kappa shape index (κ3) is 1.39. The first-order valence-electron chi connectivity index (χ1n) is 6.53. The Hall–Kier alpha value is -1.51. The van der Waals surface area contributed by atoms with Crippen LogP contribution in [-0.2, 0) is 16.0 Å². The van der Waals surface area contributed by atoms with Crippen molar-refractivity contribution in [2.24, 2.45) is 11.8 Å². The van der Waals surface area contributed by atoms with Crippen LogP contribution in [0.1, 0.15) is 41.7 Å². The number of hydrogen-bond donors (Lipinski definition) is 1. The molecular formula is C15H18O3. The van der Waals surface area contributed by atoms with Gasteiger partial charge in [0.2, 0.25) is 0 Å². The lowest BCUT2D eigenvalue weighted by molar-refractivity contribution is -0.144. The van der Waals surface area contributed by atoms with Gasteiger partial charge in [0.1, 0.15) is 11.9 Å². The Labute approximate surface area is 107 Å². The SMILES string of the molecule is Cc1cc(O)c(C)c2c1CCC1[C@@H]2OC(=O)[C@@H]1C. The predicted octanol–water partition coefficient (Wildman–Crippen LogP) is 2.81. The van der Waals surface area contributed by atoms with Crippen LogP contribution in [0.25, 0.3) is 0 Å². The van der Waals surface area contributed by atoms with Crippen molar-refractivity contribution in [1.29, 1.82) is 0 Å². The topological polar surface area (TPSA) is 46.5 Å². The smallest absolute Gasteiger partial charge is 0.309 e. The van der Waals surface area contributed by atoms with E-state index < -0.39 is 0 Å². The summed E-state index contributed by atoms with van der Waals surface area (Å²) < 4.78 is 5.54. The molecule has 0 amide bonds. The van der Waals surface area contributed by atoms with Gasteiger partial charge in [-0.15, -0.1) is 0 Å². The fourth-order valence-corrected chi connectivity index (χ4v) is 3.44. The van der Waals surface area contributed by atoms with Crippen LogP contribution >= 0.6 is 0 Å². The van der Waals surface area contributed by atoms with Gasteiger partial charge in [-0.25, -0.2) is 0 Å². The Kier molecular flexibility index (Phi) is 2.40. The van der Waals surface area contributed by atoms with E-state index in [-0.39, 0.29) is 23.9 Å². The van der Waals surface area contributed by atoms with Crippen LogP contribution < -0.4 is 0 Å². The van der Waals surface area contributed by atoms with Crippen LogP contribution in [0, 0.1) is 25.7 Å². The monoisotopic (exact) mass is 246 g/mol. The largest absolute Gasteiger partial charge is 0.508 e. The summed E-state index contributed by atoms with van der Waals surface area (Å²) in [4.78, 5) is 11.7. The van der Waals surface area contributed by atoms with E-state index in [1.807, 2.05) is 26.8 Å². The number of hydrogen-bond acceptors (Lipinski definition) is 3. The highest BCUT2D eigenvalue weighted by Gasteiger charge is 2.46. The van der Waals surface area contributed by atoms with E-state index in [9.17, 15) is 9.90 Å². The Morgan fingerprint density at radius 2 is 2.11 bits per heavy atom. The Bertz CT molecular complexity index is 533. The lowest BCUT2D eigenvalue weighted by Crippen LogP contribution is -2.22. The molecule has 0 saturated carbocycles. The van der Waals surface area contributed by atoms with E-state index in [4.69, 9.17) is 4.74 Å². The summed E-state index contributed by atoms with van der Waals surface area (Å²) in [7, 11) is 0. The van der Waals surface area contributed by atoms with E-state index in [0.29, 0.717) is 5.75 Å². The number of phenolic OH excluding ortho intramolecular Hbond substituents is 1. The number of carbonyl (C=O) groups excluding carboxylic acids is 1. The van der Waals surface area contributed by atoms with Gasteiger partial charge in [-0.3, -0.25) is 4.79 Å². The van der Waals surface area contributed by atoms with Gasteiger partial charge < -0.3 is 9.84 Å². The quantitative estimate of drug-likeness (QED) is 0.716. The normalized spacial score (nSPS) is 29.7. The zero-order valence-electron chi connectivity index (χ0n) is 11.0. The summed E-state index contributed by atoms with van der Waals surface area (Å²) >= 11 is 0. The molecule has 0 spiro atoms. The van der Waals surface area contributed by atoms with E-state index >= 15 is 0 Å². The fraction of sp³-hybridized carbons (Fsp3) is 0.533. The number of aromatic hydroxyl groups is 1. The molecule has 1 aliphatic heterocycles. The Morgan fingerprint density at radius 3 is 2.83 bits per heavy atom. The first-order valence-corrected chi connectivity index (χ1v) is 6.53. The number of esters is 1. The molecule has 1 aliphatic carbocycles. The zero-order chi connectivity index (χ0) is 13.0. The average molecular weight is 246 g/mol. The van der Waals surface area contributed by atoms with E-state index in [1.54, 1.807) is 0 Å². The number of carbonyl (C=O) groups is 1. The van der Waals surface area contributed by atoms with Crippen molar-refractivity contribution in [3.8, 4) is 5.75 Å². The molecular weight excluding hydrogens is 228 g/mol. The predicted molar refractivity (Wildman–Crippen MR) is 67.4 cm³/mol. The van der Waals surface area contributed by atoms with Crippen molar-refractivity contribution in [2.45, 2.75) is 39.7 Å². The summed E-state index contributed by atoms with van der Waals surface area (Å²) in [5.74, 6) is 0.454. The maximum atomic E-state index is 11.7. The molecule has 96 valence electrons. The second kappa shape index (κ2) is 3.74. The lowest BCUT2D eigenvalue weighted by atomic mass is 9.74. The van der Waals surface area contributed by atoms with Crippen LogP contribution in [0.15, 0.2) is 6.07 Å². The van der Waals surface area contributed by atoms with Crippen LogP contribution in [0.5, 0.6) is 5.75 Å². The number of benzene rings is 1. The fourth-order valence-electron chi connectivity index (χ4n) is 3.44. The molecule has 1 aromatic carbocycles. The molecule has 2 aliphatic rings. The average Bonchev–Trinajstić information content (AvgIpc) is 2.62. The van der Waals surface area contributed by atoms with Gasteiger partial charge in [0.15, 0.2) is 0 Å². The second-order valence-electron chi connectivity index (χ2n) is 5.58. The van der Waals surface area contributed by atoms with Gasteiger partial charge >= 0.3 is 5.97 Å². The minimum absolute atomic E-state index is 0.0230. The van der Waals surface area contributed by atoms with Crippen molar-refractivity contribution >= 4 is 5.97 Å².